The van der Waals surface area contributed by atoms with Crippen LogP contribution in [0.25, 0.3) is 0 Å². The van der Waals surface area contributed by atoms with Gasteiger partial charge in [0.2, 0.25) is 0 Å². The van der Waals surface area contributed by atoms with E-state index >= 15 is 0 Å². The van der Waals surface area contributed by atoms with Gasteiger partial charge in [0.25, 0.3) is 0 Å². The molecule has 0 aliphatic rings. The van der Waals surface area contributed by atoms with Crippen LogP contribution in [0, 0.1) is 11.6 Å². The fourth-order valence-electron chi connectivity index (χ4n) is 1.13. The zero-order valence-corrected chi connectivity index (χ0v) is 18.4. The third kappa shape index (κ3) is 8.80. The van der Waals surface area contributed by atoms with E-state index < -0.39 is 22.2 Å². The maximum absolute atomic E-state index is 12.4. The van der Waals surface area contributed by atoms with Crippen LogP contribution in [0.5, 0.6) is 0 Å². The van der Waals surface area contributed by atoms with Crippen LogP contribution in [0.4, 0.5) is 8.78 Å². The Morgan fingerprint density at radius 1 is 0.727 bits per heavy atom. The number of hydrogen-bond donors (Lipinski definition) is 0. The van der Waals surface area contributed by atoms with Crippen molar-refractivity contribution in [3.63, 3.8) is 0 Å². The molecule has 0 spiro atoms. The van der Waals surface area contributed by atoms with Crippen molar-refractivity contribution in [2.75, 3.05) is 0 Å². The van der Waals surface area contributed by atoms with Crippen LogP contribution in [0.15, 0.2) is 48.5 Å². The molecule has 22 heavy (non-hydrogen) atoms. The number of hydrogen-bond acceptors (Lipinski definition) is 0. The zero-order valence-electron chi connectivity index (χ0n) is 10.5. The third-order valence-electron chi connectivity index (χ3n) is 2.07. The molecule has 0 heterocycles. The average Bonchev–Trinajstić information content (AvgIpc) is 2.39. The Morgan fingerprint density at radius 3 is 1.41 bits per heavy atom. The Bertz CT molecular complexity index is 557. The molecular weight excluding hydrogens is 553 g/mol. The van der Waals surface area contributed by atoms with Gasteiger partial charge in [-0.05, 0) is 0 Å². The number of benzene rings is 2. The van der Waals surface area contributed by atoms with Crippen molar-refractivity contribution in [3.8, 4) is 0 Å². The molecule has 2 rings (SSSR count). The van der Waals surface area contributed by atoms with Crippen molar-refractivity contribution in [3.05, 3.63) is 60.2 Å². The fourth-order valence-corrected chi connectivity index (χ4v) is 5.45. The van der Waals surface area contributed by atoms with Gasteiger partial charge >= 0.3 is 151 Å². The quantitative estimate of drug-likeness (QED) is 0.491. The van der Waals surface area contributed by atoms with E-state index in [1.807, 2.05) is 0 Å². The molecule has 0 unspecified atom stereocenters. The van der Waals surface area contributed by atoms with Gasteiger partial charge in [-0.2, -0.15) is 0 Å². The minimum Gasteiger partial charge on any atom is -1.00 e. The molecule has 0 amide bonds. The molecule has 10 heteroatoms. The van der Waals surface area contributed by atoms with E-state index in [0.29, 0.717) is 4.46 Å². The molecule has 0 saturated heterocycles. The molecule has 0 N–H and O–H groups in total. The molecule has 0 fully saturated rings. The van der Waals surface area contributed by atoms with Crippen molar-refractivity contribution >= 4 is 81.6 Å². The van der Waals surface area contributed by atoms with Crippen molar-refractivity contribution < 1.29 is 21.2 Å². The van der Waals surface area contributed by atoms with E-state index in [4.69, 9.17) is 50.5 Å². The third-order valence-corrected chi connectivity index (χ3v) is 9.71. The normalized spacial score (nSPS) is 11.3. The average molecular weight is 561 g/mol. The van der Waals surface area contributed by atoms with Gasteiger partial charge in [-0.3, -0.25) is 0 Å². The van der Waals surface area contributed by atoms with E-state index in [9.17, 15) is 8.78 Å². The van der Waals surface area contributed by atoms with Crippen LogP contribution in [-0.2, 0) is 0 Å². The van der Waals surface area contributed by atoms with Gasteiger partial charge in [0.05, 0.1) is 0 Å². The Kier molecular flexibility index (Phi) is 11.4. The second-order valence-corrected chi connectivity index (χ2v) is 21.8. The maximum atomic E-state index is 12.4. The van der Waals surface area contributed by atoms with E-state index in [1.54, 1.807) is 12.1 Å². The van der Waals surface area contributed by atoms with Crippen LogP contribution in [-0.4, -0.2) is 22.2 Å². The van der Waals surface area contributed by atoms with Crippen molar-refractivity contribution in [1.82, 2.24) is 0 Å². The standard InChI is InChI=1S/C6H4Cl3FSe.C6H4Cl2FSe.ClH/c7-11(8,9)6-3-1-5(10)2-4-6;7-10(8)6-3-1-5(9)2-4-6;/h1-4H;1-4H;1H/q;+1;/p-1. The minimum absolute atomic E-state index is 0. The van der Waals surface area contributed by atoms with Gasteiger partial charge in [-0.15, -0.1) is 0 Å². The molecule has 0 aliphatic carbocycles. The molecule has 2 aromatic rings. The summed E-state index contributed by atoms with van der Waals surface area (Å²) in [5.41, 5.74) is 0. The molecule has 2 aromatic carbocycles. The first kappa shape index (κ1) is 23.1. The van der Waals surface area contributed by atoms with Crippen LogP contribution in [0.1, 0.15) is 0 Å². The molecule has 0 aromatic heterocycles. The summed E-state index contributed by atoms with van der Waals surface area (Å²) in [7, 11) is 25.3. The predicted molar refractivity (Wildman–Crippen MR) is 92.8 cm³/mol. The monoisotopic (exact) mass is 560 g/mol. The first-order valence-corrected chi connectivity index (χ1v) is 18.2. The van der Waals surface area contributed by atoms with Gasteiger partial charge in [0.1, 0.15) is 0 Å². The van der Waals surface area contributed by atoms with E-state index in [1.165, 1.54) is 36.4 Å². The molecule has 0 atom stereocenters. The van der Waals surface area contributed by atoms with Crippen LogP contribution in [0.2, 0.25) is 0 Å². The Morgan fingerprint density at radius 2 is 1.09 bits per heavy atom. The van der Waals surface area contributed by atoms with Gasteiger partial charge in [-0.25, -0.2) is 0 Å². The summed E-state index contributed by atoms with van der Waals surface area (Å²) in [6.45, 7) is 0. The Hall–Kier alpha value is 1.08. The summed E-state index contributed by atoms with van der Waals surface area (Å²) in [4.78, 5) is 0. The second kappa shape index (κ2) is 10.8. The van der Waals surface area contributed by atoms with Crippen LogP contribution < -0.4 is 21.3 Å². The largest absolute Gasteiger partial charge is 1.00 e. The smallest absolute Gasteiger partial charge is 1.00 e. The summed E-state index contributed by atoms with van der Waals surface area (Å²) in [6.07, 6.45) is 0. The van der Waals surface area contributed by atoms with E-state index in [2.05, 4.69) is 0 Å². The van der Waals surface area contributed by atoms with E-state index in [0.717, 1.165) is 4.46 Å². The first-order chi connectivity index (χ1) is 9.70. The molecule has 124 valence electrons. The van der Waals surface area contributed by atoms with E-state index in [-0.39, 0.29) is 24.0 Å². The fraction of sp³-hybridized carbons (Fsp3) is 0. The first-order valence-electron chi connectivity index (χ1n) is 5.20. The second-order valence-electron chi connectivity index (χ2n) is 3.53. The summed E-state index contributed by atoms with van der Waals surface area (Å²) < 4.78 is 26.1. The molecule has 0 nitrogen and oxygen atoms in total. The van der Waals surface area contributed by atoms with Crippen molar-refractivity contribution in [1.29, 1.82) is 0 Å². The zero-order chi connectivity index (χ0) is 16.0. The van der Waals surface area contributed by atoms with Crippen molar-refractivity contribution in [2.24, 2.45) is 0 Å². The Labute approximate surface area is 161 Å². The van der Waals surface area contributed by atoms with Crippen LogP contribution in [0.3, 0.4) is 0 Å². The number of rotatable bonds is 2. The SMILES string of the molecule is Fc1ccc([Se+](Cl)Cl)cc1.Fc1ccc([Se](Cl)(Cl)Cl)cc1.[Cl-]. The number of halogens is 8. The molecule has 0 bridgehead atoms. The van der Waals surface area contributed by atoms with Gasteiger partial charge in [-0.1, -0.05) is 0 Å². The molecular formula is C12H8Cl6F2Se2. The molecule has 0 aliphatic heterocycles. The summed E-state index contributed by atoms with van der Waals surface area (Å²) >= 11 is -1.65. The summed E-state index contributed by atoms with van der Waals surface area (Å²) in [6, 6.07) is 11.5. The Balaban J connectivity index is 0.000000385. The van der Waals surface area contributed by atoms with Gasteiger partial charge < -0.3 is 12.4 Å². The van der Waals surface area contributed by atoms with Crippen molar-refractivity contribution in [2.45, 2.75) is 0 Å². The van der Waals surface area contributed by atoms with Gasteiger partial charge in [0.15, 0.2) is 0 Å². The maximum Gasteiger partial charge on any atom is -1.00 e. The molecule has 0 saturated carbocycles. The summed E-state index contributed by atoms with van der Waals surface area (Å²) in [5.74, 6) is -0.579. The topological polar surface area (TPSA) is 0 Å². The predicted octanol–water partition coefficient (Wildman–Crippen LogP) is 1.69. The van der Waals surface area contributed by atoms with Gasteiger partial charge in [0, 0.05) is 0 Å². The summed E-state index contributed by atoms with van der Waals surface area (Å²) in [5, 5.41) is 0. The minimum atomic E-state index is -2.97. The van der Waals surface area contributed by atoms with Crippen LogP contribution >= 0.6 is 50.5 Å². The molecule has 0 radical (unpaired) electrons.